The molecule has 1 amide bonds. The van der Waals surface area contributed by atoms with Crippen molar-refractivity contribution in [3.05, 3.63) is 29.8 Å². The highest BCUT2D eigenvalue weighted by atomic mass is 32.2. The molecular formula is C16H21NO5S. The molecule has 23 heavy (non-hydrogen) atoms. The predicted molar refractivity (Wildman–Crippen MR) is 85.0 cm³/mol. The van der Waals surface area contributed by atoms with Crippen LogP contribution in [0.5, 0.6) is 0 Å². The van der Waals surface area contributed by atoms with E-state index in [9.17, 15) is 18.0 Å². The first-order chi connectivity index (χ1) is 10.7. The van der Waals surface area contributed by atoms with E-state index in [0.29, 0.717) is 19.4 Å². The number of nitrogens with zero attached hydrogens (tertiary/aromatic N) is 1. The van der Waals surface area contributed by atoms with Crippen molar-refractivity contribution in [3.63, 3.8) is 0 Å². The average molecular weight is 339 g/mol. The molecule has 0 aromatic heterocycles. The summed E-state index contributed by atoms with van der Waals surface area (Å²) in [6.45, 7) is 3.69. The minimum absolute atomic E-state index is 0.0115. The lowest BCUT2D eigenvalue weighted by atomic mass is 9.97. The van der Waals surface area contributed by atoms with Gasteiger partial charge in [0.2, 0.25) is 0 Å². The number of carbonyl (C=O) groups is 2. The minimum Gasteiger partial charge on any atom is -0.481 e. The first kappa shape index (κ1) is 17.5. The Kier molecular flexibility index (Phi) is 5.09. The molecule has 0 saturated carbocycles. The van der Waals surface area contributed by atoms with Crippen LogP contribution in [-0.2, 0) is 14.6 Å². The monoisotopic (exact) mass is 339 g/mol. The van der Waals surface area contributed by atoms with E-state index in [0.717, 1.165) is 0 Å². The summed E-state index contributed by atoms with van der Waals surface area (Å²) in [5, 5.41) is 8.50. The maximum atomic E-state index is 12.7. The number of hydrogen-bond acceptors (Lipinski definition) is 4. The normalized spacial score (nSPS) is 18.9. The van der Waals surface area contributed by atoms with Crippen molar-refractivity contribution in [2.24, 2.45) is 5.92 Å². The number of sulfone groups is 1. The van der Waals surface area contributed by atoms with Crippen molar-refractivity contribution in [2.75, 3.05) is 13.1 Å². The molecule has 1 aromatic carbocycles. The van der Waals surface area contributed by atoms with Crippen molar-refractivity contribution in [1.82, 2.24) is 4.90 Å². The van der Waals surface area contributed by atoms with Crippen LogP contribution in [0.2, 0.25) is 0 Å². The van der Waals surface area contributed by atoms with Gasteiger partial charge in [-0.05, 0) is 38.8 Å². The van der Waals surface area contributed by atoms with E-state index in [1.807, 2.05) is 0 Å². The van der Waals surface area contributed by atoms with Crippen LogP contribution in [0.15, 0.2) is 29.2 Å². The van der Waals surface area contributed by atoms with E-state index in [-0.39, 0.29) is 17.0 Å². The number of rotatable bonds is 4. The number of likely N-dealkylation sites (tertiary alicyclic amines) is 1. The lowest BCUT2D eigenvalue weighted by Gasteiger charge is -2.31. The van der Waals surface area contributed by atoms with Gasteiger partial charge in [-0.1, -0.05) is 12.1 Å². The summed E-state index contributed by atoms with van der Waals surface area (Å²) in [6, 6.07) is 6.12. The van der Waals surface area contributed by atoms with Crippen molar-refractivity contribution < 1.29 is 23.1 Å². The molecule has 0 radical (unpaired) electrons. The van der Waals surface area contributed by atoms with E-state index in [2.05, 4.69) is 0 Å². The average Bonchev–Trinajstić information content (AvgIpc) is 2.54. The van der Waals surface area contributed by atoms with E-state index in [4.69, 9.17) is 5.11 Å². The van der Waals surface area contributed by atoms with Crippen LogP contribution in [0, 0.1) is 5.92 Å². The number of benzene rings is 1. The zero-order valence-corrected chi connectivity index (χ0v) is 14.0. The maximum absolute atomic E-state index is 12.7. The lowest BCUT2D eigenvalue weighted by molar-refractivity contribution is -0.143. The van der Waals surface area contributed by atoms with Gasteiger partial charge in [0.1, 0.15) is 0 Å². The molecule has 0 spiro atoms. The van der Waals surface area contributed by atoms with Gasteiger partial charge in [-0.2, -0.15) is 0 Å². The first-order valence-corrected chi connectivity index (χ1v) is 9.14. The number of piperidine rings is 1. The molecule has 1 fully saturated rings. The molecule has 0 unspecified atom stereocenters. The van der Waals surface area contributed by atoms with Gasteiger partial charge < -0.3 is 10.0 Å². The van der Waals surface area contributed by atoms with Crippen molar-refractivity contribution in [2.45, 2.75) is 36.8 Å². The summed E-state index contributed by atoms with van der Waals surface area (Å²) in [4.78, 5) is 25.3. The summed E-state index contributed by atoms with van der Waals surface area (Å²) < 4.78 is 24.9. The van der Waals surface area contributed by atoms with Gasteiger partial charge in [-0.25, -0.2) is 8.42 Å². The number of carbonyl (C=O) groups excluding carboxylic acids is 1. The third kappa shape index (κ3) is 3.55. The summed E-state index contributed by atoms with van der Waals surface area (Å²) in [5.74, 6) is -1.94. The summed E-state index contributed by atoms with van der Waals surface area (Å²) in [5.41, 5.74) is 0.118. The standard InChI is InChI=1S/C16H21NO5S/c1-11(2)23(21,22)14-8-4-3-7-13(14)15(18)17-9-5-6-12(10-17)16(19)20/h3-4,7-8,11-12H,5-6,9-10H2,1-2H3,(H,19,20)/t12-/m1/s1. The number of carboxylic acids is 1. The highest BCUT2D eigenvalue weighted by Crippen LogP contribution is 2.24. The highest BCUT2D eigenvalue weighted by Gasteiger charge is 2.32. The Morgan fingerprint density at radius 1 is 1.26 bits per heavy atom. The molecule has 6 nitrogen and oxygen atoms in total. The predicted octanol–water partition coefficient (Wildman–Crippen LogP) is 1.81. The van der Waals surface area contributed by atoms with Gasteiger partial charge >= 0.3 is 5.97 Å². The summed E-state index contributed by atoms with van der Waals surface area (Å²) in [7, 11) is -3.58. The van der Waals surface area contributed by atoms with Crippen LogP contribution in [0.4, 0.5) is 0 Å². The third-order valence-corrected chi connectivity index (χ3v) is 6.31. The Morgan fingerprint density at radius 3 is 2.52 bits per heavy atom. The highest BCUT2D eigenvalue weighted by molar-refractivity contribution is 7.92. The van der Waals surface area contributed by atoms with Crippen LogP contribution >= 0.6 is 0 Å². The van der Waals surface area contributed by atoms with Crippen LogP contribution in [0.1, 0.15) is 37.0 Å². The maximum Gasteiger partial charge on any atom is 0.308 e. The Hall–Kier alpha value is -1.89. The smallest absolute Gasteiger partial charge is 0.308 e. The fourth-order valence-electron chi connectivity index (χ4n) is 2.68. The van der Waals surface area contributed by atoms with E-state index in [1.54, 1.807) is 26.0 Å². The lowest BCUT2D eigenvalue weighted by Crippen LogP contribution is -2.42. The molecule has 0 aliphatic carbocycles. The molecule has 126 valence electrons. The Bertz CT molecular complexity index is 711. The Balaban J connectivity index is 2.36. The SMILES string of the molecule is CC(C)S(=O)(=O)c1ccccc1C(=O)N1CCC[C@@H](C(=O)O)C1. The molecule has 1 atom stereocenters. The topological polar surface area (TPSA) is 91.8 Å². The molecule has 0 bridgehead atoms. The second-order valence-electron chi connectivity index (χ2n) is 6.02. The first-order valence-electron chi connectivity index (χ1n) is 7.60. The zero-order valence-electron chi connectivity index (χ0n) is 13.2. The summed E-state index contributed by atoms with van der Waals surface area (Å²) in [6.07, 6.45) is 1.13. The third-order valence-electron chi connectivity index (χ3n) is 4.10. The number of carboxylic acid groups (broad SMARTS) is 1. The van der Waals surface area contributed by atoms with Gasteiger partial charge in [0.25, 0.3) is 5.91 Å². The molecular weight excluding hydrogens is 318 g/mol. The van der Waals surface area contributed by atoms with Gasteiger partial charge in [0.15, 0.2) is 9.84 Å². The van der Waals surface area contributed by atoms with E-state index >= 15 is 0 Å². The molecule has 2 rings (SSSR count). The van der Waals surface area contributed by atoms with Crippen molar-refractivity contribution in [3.8, 4) is 0 Å². The number of aliphatic carboxylic acids is 1. The summed E-state index contributed by atoms with van der Waals surface area (Å²) >= 11 is 0. The van der Waals surface area contributed by atoms with Crippen LogP contribution in [0.25, 0.3) is 0 Å². The molecule has 1 N–H and O–H groups in total. The minimum atomic E-state index is -3.58. The molecule has 1 aromatic rings. The van der Waals surface area contributed by atoms with Crippen molar-refractivity contribution >= 4 is 21.7 Å². The molecule has 1 heterocycles. The number of hydrogen-bond donors (Lipinski definition) is 1. The molecule has 1 aliphatic heterocycles. The largest absolute Gasteiger partial charge is 0.481 e. The van der Waals surface area contributed by atoms with Crippen LogP contribution in [-0.4, -0.2) is 48.6 Å². The van der Waals surface area contributed by atoms with Gasteiger partial charge in [0.05, 0.1) is 21.6 Å². The Labute approximate surface area is 136 Å². The van der Waals surface area contributed by atoms with E-state index < -0.39 is 32.9 Å². The molecule has 7 heteroatoms. The fraction of sp³-hybridized carbons (Fsp3) is 0.500. The second kappa shape index (κ2) is 6.70. The van der Waals surface area contributed by atoms with Gasteiger partial charge in [-0.3, -0.25) is 9.59 Å². The van der Waals surface area contributed by atoms with Gasteiger partial charge in [0, 0.05) is 13.1 Å². The number of amides is 1. The van der Waals surface area contributed by atoms with Crippen LogP contribution in [0.3, 0.4) is 0 Å². The zero-order chi connectivity index (χ0) is 17.2. The second-order valence-corrected chi connectivity index (χ2v) is 8.49. The van der Waals surface area contributed by atoms with E-state index in [1.165, 1.54) is 17.0 Å². The van der Waals surface area contributed by atoms with Crippen LogP contribution < -0.4 is 0 Å². The molecule has 1 saturated heterocycles. The fourth-order valence-corrected chi connectivity index (χ4v) is 3.92. The van der Waals surface area contributed by atoms with Crippen molar-refractivity contribution in [1.29, 1.82) is 0 Å². The van der Waals surface area contributed by atoms with Gasteiger partial charge in [-0.15, -0.1) is 0 Å². The Morgan fingerprint density at radius 2 is 1.91 bits per heavy atom. The molecule has 1 aliphatic rings. The quantitative estimate of drug-likeness (QED) is 0.903.